The average Bonchev–Trinajstić information content (AvgIpc) is 3.28. The Labute approximate surface area is 235 Å². The van der Waals surface area contributed by atoms with Crippen molar-refractivity contribution in [2.75, 3.05) is 13.2 Å². The van der Waals surface area contributed by atoms with Crippen LogP contribution in [0, 0.1) is 0 Å². The molecule has 14 heteroatoms. The van der Waals surface area contributed by atoms with E-state index < -0.39 is 47.6 Å². The van der Waals surface area contributed by atoms with E-state index in [0.717, 1.165) is 16.2 Å². The lowest BCUT2D eigenvalue weighted by atomic mass is 10.0. The smallest absolute Gasteiger partial charge is 0.451 e. The number of rotatable bonds is 6. The minimum Gasteiger partial charge on any atom is -0.477 e. The van der Waals surface area contributed by atoms with E-state index in [4.69, 9.17) is 4.74 Å². The van der Waals surface area contributed by atoms with Gasteiger partial charge in [-0.2, -0.15) is 26.3 Å². The van der Waals surface area contributed by atoms with Crippen molar-refractivity contribution < 1.29 is 35.9 Å². The number of amides is 1. The van der Waals surface area contributed by atoms with E-state index in [1.165, 1.54) is 12.4 Å². The van der Waals surface area contributed by atoms with Crippen molar-refractivity contribution in [3.05, 3.63) is 71.1 Å². The standard InChI is InChI=1S/C28H24F6N6O2/c1-3-40-22(16-8-6-5-7-9-16)18(21-24(40)35-15-36-25(21)42-4-2)10-11-20(41)39-13-12-17-19(14-39)37-26(28(32,33)34)38-23(17)27(29,30)31/h5-11,15H,3-4,12-14H2,1-2H3/b11-10+. The summed E-state index contributed by atoms with van der Waals surface area (Å²) in [5.74, 6) is -2.21. The first-order chi connectivity index (χ1) is 19.9. The van der Waals surface area contributed by atoms with Crippen LogP contribution in [0.1, 0.15) is 42.2 Å². The third-order valence-electron chi connectivity index (χ3n) is 6.78. The van der Waals surface area contributed by atoms with E-state index in [0.29, 0.717) is 35.6 Å². The van der Waals surface area contributed by atoms with E-state index in [1.54, 1.807) is 13.0 Å². The monoisotopic (exact) mass is 590 g/mol. The number of carbonyl (C=O) groups is 1. The first-order valence-corrected chi connectivity index (χ1v) is 13.0. The minimum atomic E-state index is -5.19. The number of carbonyl (C=O) groups excluding carboxylic acids is 1. The number of aromatic nitrogens is 5. The number of halogens is 6. The molecule has 220 valence electrons. The predicted octanol–water partition coefficient (Wildman–Crippen LogP) is 5.94. The topological polar surface area (TPSA) is 86.0 Å². The molecular formula is C28H24F6N6O2. The Hall–Kier alpha value is -4.49. The lowest BCUT2D eigenvalue weighted by Gasteiger charge is -2.29. The maximum atomic E-state index is 13.6. The second-order valence-corrected chi connectivity index (χ2v) is 9.34. The summed E-state index contributed by atoms with van der Waals surface area (Å²) in [6, 6.07) is 9.37. The Morgan fingerprint density at radius 1 is 1.02 bits per heavy atom. The Morgan fingerprint density at radius 3 is 2.40 bits per heavy atom. The number of alkyl halides is 6. The number of fused-ring (bicyclic) bond motifs is 2. The molecule has 3 aromatic heterocycles. The highest BCUT2D eigenvalue weighted by atomic mass is 19.4. The summed E-state index contributed by atoms with van der Waals surface area (Å²) in [6.07, 6.45) is -6.50. The first-order valence-electron chi connectivity index (χ1n) is 13.0. The summed E-state index contributed by atoms with van der Waals surface area (Å²) in [5, 5.41) is 0.561. The van der Waals surface area contributed by atoms with Gasteiger partial charge in [-0.15, -0.1) is 0 Å². The number of ether oxygens (including phenoxy) is 1. The van der Waals surface area contributed by atoms with Gasteiger partial charge in [0.2, 0.25) is 17.6 Å². The number of nitrogens with zero attached hydrogens (tertiary/aromatic N) is 6. The molecule has 4 aromatic rings. The largest absolute Gasteiger partial charge is 0.477 e. The molecule has 8 nitrogen and oxygen atoms in total. The van der Waals surface area contributed by atoms with Gasteiger partial charge < -0.3 is 14.2 Å². The number of benzene rings is 1. The molecule has 0 aliphatic carbocycles. The van der Waals surface area contributed by atoms with Crippen LogP contribution < -0.4 is 4.74 Å². The van der Waals surface area contributed by atoms with Gasteiger partial charge in [0.1, 0.15) is 12.0 Å². The summed E-state index contributed by atoms with van der Waals surface area (Å²) in [7, 11) is 0. The van der Waals surface area contributed by atoms with E-state index in [9.17, 15) is 31.1 Å². The first kappa shape index (κ1) is 29.0. The summed E-state index contributed by atoms with van der Waals surface area (Å²) < 4.78 is 88.3. The highest BCUT2D eigenvalue weighted by Gasteiger charge is 2.43. The van der Waals surface area contributed by atoms with Crippen molar-refractivity contribution in [1.29, 1.82) is 0 Å². The maximum absolute atomic E-state index is 13.6. The number of hydrogen-bond acceptors (Lipinski definition) is 6. The molecular weight excluding hydrogens is 566 g/mol. The number of hydrogen-bond donors (Lipinski definition) is 0. The Balaban J connectivity index is 1.56. The van der Waals surface area contributed by atoms with Gasteiger partial charge >= 0.3 is 12.4 Å². The van der Waals surface area contributed by atoms with Crippen LogP contribution in [0.5, 0.6) is 5.88 Å². The molecule has 5 rings (SSSR count). The molecule has 1 aliphatic heterocycles. The molecule has 0 fully saturated rings. The molecule has 0 spiro atoms. The van der Waals surface area contributed by atoms with Gasteiger partial charge in [-0.3, -0.25) is 4.79 Å². The second-order valence-electron chi connectivity index (χ2n) is 9.34. The summed E-state index contributed by atoms with van der Waals surface area (Å²) in [4.78, 5) is 29.3. The van der Waals surface area contributed by atoms with Gasteiger partial charge in [-0.1, -0.05) is 30.3 Å². The van der Waals surface area contributed by atoms with Crippen LogP contribution in [0.4, 0.5) is 26.3 Å². The van der Waals surface area contributed by atoms with Crippen LogP contribution in [0.3, 0.4) is 0 Å². The zero-order chi connectivity index (χ0) is 30.2. The van der Waals surface area contributed by atoms with Gasteiger partial charge in [-0.25, -0.2) is 19.9 Å². The van der Waals surface area contributed by atoms with Gasteiger partial charge in [-0.05, 0) is 31.9 Å². The highest BCUT2D eigenvalue weighted by Crippen LogP contribution is 2.39. The zero-order valence-electron chi connectivity index (χ0n) is 22.4. The van der Waals surface area contributed by atoms with Gasteiger partial charge in [0.05, 0.1) is 29.9 Å². The van der Waals surface area contributed by atoms with Gasteiger partial charge in [0, 0.05) is 30.3 Å². The fraction of sp³-hybridized carbons (Fsp3) is 0.321. The summed E-state index contributed by atoms with van der Waals surface area (Å²) in [5.41, 5.74) is 0.149. The van der Waals surface area contributed by atoms with Crippen molar-refractivity contribution in [2.24, 2.45) is 0 Å². The van der Waals surface area contributed by atoms with E-state index in [-0.39, 0.29) is 13.0 Å². The quantitative estimate of drug-likeness (QED) is 0.204. The molecule has 0 saturated heterocycles. The van der Waals surface area contributed by atoms with Crippen molar-refractivity contribution >= 4 is 23.0 Å². The van der Waals surface area contributed by atoms with Crippen LogP contribution in [0.15, 0.2) is 42.7 Å². The van der Waals surface area contributed by atoms with Crippen LogP contribution in [0.25, 0.3) is 28.4 Å². The molecule has 0 bridgehead atoms. The molecule has 0 unspecified atom stereocenters. The van der Waals surface area contributed by atoms with E-state index in [2.05, 4.69) is 19.9 Å². The summed E-state index contributed by atoms with van der Waals surface area (Å²) in [6.45, 7) is 3.88. The Morgan fingerprint density at radius 2 is 1.76 bits per heavy atom. The molecule has 4 heterocycles. The third-order valence-corrected chi connectivity index (χ3v) is 6.78. The molecule has 0 atom stereocenters. The lowest BCUT2D eigenvalue weighted by molar-refractivity contribution is -0.153. The van der Waals surface area contributed by atoms with Crippen molar-refractivity contribution in [1.82, 2.24) is 29.4 Å². The minimum absolute atomic E-state index is 0.163. The van der Waals surface area contributed by atoms with E-state index >= 15 is 0 Å². The Kier molecular flexibility index (Phi) is 7.64. The van der Waals surface area contributed by atoms with Crippen LogP contribution >= 0.6 is 0 Å². The van der Waals surface area contributed by atoms with Gasteiger partial charge in [0.15, 0.2) is 5.69 Å². The molecule has 0 N–H and O–H groups in total. The van der Waals surface area contributed by atoms with Gasteiger partial charge in [0.25, 0.3) is 0 Å². The summed E-state index contributed by atoms with van der Waals surface area (Å²) >= 11 is 0. The van der Waals surface area contributed by atoms with Crippen LogP contribution in [-0.2, 0) is 36.7 Å². The normalized spacial score (nSPS) is 14.0. The fourth-order valence-electron chi connectivity index (χ4n) is 5.03. The molecule has 42 heavy (non-hydrogen) atoms. The SMILES string of the molecule is CCOc1ncnc2c1c(/C=C/C(=O)N1CCc3c(nc(C(F)(F)F)nc3C(F)(F)F)C1)c(-c1ccccc1)n2CC. The molecule has 1 aliphatic rings. The molecule has 0 saturated carbocycles. The van der Waals surface area contributed by atoms with Crippen molar-refractivity contribution in [2.45, 2.75) is 45.7 Å². The molecule has 0 radical (unpaired) electrons. The third kappa shape index (κ3) is 5.40. The highest BCUT2D eigenvalue weighted by molar-refractivity contribution is 6.02. The van der Waals surface area contributed by atoms with Crippen LogP contribution in [0.2, 0.25) is 0 Å². The van der Waals surface area contributed by atoms with Crippen LogP contribution in [-0.4, -0.2) is 48.5 Å². The number of aryl methyl sites for hydroxylation is 1. The molecule has 1 amide bonds. The van der Waals surface area contributed by atoms with E-state index in [1.807, 2.05) is 41.8 Å². The Bertz CT molecular complexity index is 1660. The fourth-order valence-corrected chi connectivity index (χ4v) is 5.03. The predicted molar refractivity (Wildman–Crippen MR) is 140 cm³/mol. The van der Waals surface area contributed by atoms with Crippen molar-refractivity contribution in [3.8, 4) is 17.1 Å². The zero-order valence-corrected chi connectivity index (χ0v) is 22.4. The molecule has 1 aromatic carbocycles. The maximum Gasteiger partial charge on any atom is 0.451 e. The lowest BCUT2D eigenvalue weighted by Crippen LogP contribution is -2.37. The second kappa shape index (κ2) is 11.1. The average molecular weight is 591 g/mol. The van der Waals surface area contributed by atoms with Crippen molar-refractivity contribution in [3.63, 3.8) is 0 Å².